The molecule has 0 amide bonds. The molecule has 0 radical (unpaired) electrons. The highest BCUT2D eigenvalue weighted by molar-refractivity contribution is 5.89. The lowest BCUT2D eigenvalue weighted by atomic mass is 9.97. The second kappa shape index (κ2) is 9.11. The van der Waals surface area contributed by atoms with E-state index in [0.717, 1.165) is 65.1 Å². The van der Waals surface area contributed by atoms with Gasteiger partial charge in [0.2, 0.25) is 0 Å². The third-order valence-corrected chi connectivity index (χ3v) is 6.18. The Morgan fingerprint density at radius 1 is 1.09 bits per heavy atom. The van der Waals surface area contributed by atoms with Crippen molar-refractivity contribution in [3.63, 3.8) is 0 Å². The third kappa shape index (κ3) is 4.64. The Bertz CT molecular complexity index is 1310. The van der Waals surface area contributed by atoms with Gasteiger partial charge in [0.15, 0.2) is 5.89 Å². The van der Waals surface area contributed by atoms with Crippen molar-refractivity contribution in [3.05, 3.63) is 78.7 Å². The predicted octanol–water partition coefficient (Wildman–Crippen LogP) is 5.71. The van der Waals surface area contributed by atoms with Crippen LogP contribution in [0, 0.1) is 5.82 Å². The summed E-state index contributed by atoms with van der Waals surface area (Å²) in [7, 11) is 2.15. The Labute approximate surface area is 192 Å². The summed E-state index contributed by atoms with van der Waals surface area (Å²) in [5, 5.41) is 5.37. The van der Waals surface area contributed by atoms with Crippen LogP contribution in [0.4, 0.5) is 10.2 Å². The van der Waals surface area contributed by atoms with Crippen LogP contribution in [0.1, 0.15) is 37.3 Å². The molecule has 1 aliphatic rings. The molecule has 0 spiro atoms. The summed E-state index contributed by atoms with van der Waals surface area (Å²) in [5.74, 6) is 1.52. The van der Waals surface area contributed by atoms with Gasteiger partial charge in [0.1, 0.15) is 23.6 Å². The standard InChI is InChI=1S/C26H26FN5O/c1-3-23(24-16-33-26(31-24)17-6-8-32(2)9-7-17)30-25-12-20-10-18(4-5-19(20)14-29-25)21-11-22(27)15-28-13-21/h3-5,10-17H,6-9H2,1-2H3,(H,29,30)/b23-3+. The molecule has 3 aromatic heterocycles. The predicted molar refractivity (Wildman–Crippen MR) is 128 cm³/mol. The van der Waals surface area contributed by atoms with Gasteiger partial charge in [-0.1, -0.05) is 18.2 Å². The minimum atomic E-state index is -0.352. The van der Waals surface area contributed by atoms with Gasteiger partial charge in [0.25, 0.3) is 0 Å². The highest BCUT2D eigenvalue weighted by Crippen LogP contribution is 2.29. The van der Waals surface area contributed by atoms with E-state index in [4.69, 9.17) is 9.40 Å². The van der Waals surface area contributed by atoms with Gasteiger partial charge in [-0.15, -0.1) is 0 Å². The Balaban J connectivity index is 1.37. The van der Waals surface area contributed by atoms with E-state index in [1.807, 2.05) is 43.5 Å². The third-order valence-electron chi connectivity index (χ3n) is 6.18. The maximum atomic E-state index is 13.6. The number of oxazole rings is 1. The monoisotopic (exact) mass is 443 g/mol. The average Bonchev–Trinajstić information content (AvgIpc) is 3.32. The summed E-state index contributed by atoms with van der Waals surface area (Å²) in [6.45, 7) is 4.08. The van der Waals surface area contributed by atoms with Crippen LogP contribution < -0.4 is 5.32 Å². The molecule has 6 nitrogen and oxygen atoms in total. The Hall–Kier alpha value is -3.58. The topological polar surface area (TPSA) is 67.1 Å². The molecular formula is C26H26FN5O. The van der Waals surface area contributed by atoms with Crippen LogP contribution >= 0.6 is 0 Å². The van der Waals surface area contributed by atoms with Crippen LogP contribution in [0.25, 0.3) is 27.6 Å². The van der Waals surface area contributed by atoms with Gasteiger partial charge < -0.3 is 14.6 Å². The number of nitrogens with zero attached hydrogens (tertiary/aromatic N) is 4. The highest BCUT2D eigenvalue weighted by atomic mass is 19.1. The summed E-state index contributed by atoms with van der Waals surface area (Å²) >= 11 is 0. The summed E-state index contributed by atoms with van der Waals surface area (Å²) < 4.78 is 19.4. The van der Waals surface area contributed by atoms with Crippen molar-refractivity contribution < 1.29 is 8.81 Å². The lowest BCUT2D eigenvalue weighted by Crippen LogP contribution is -2.29. The molecule has 1 aliphatic heterocycles. The number of benzene rings is 1. The van der Waals surface area contributed by atoms with Gasteiger partial charge in [0.05, 0.1) is 11.9 Å². The van der Waals surface area contributed by atoms with Crippen molar-refractivity contribution >= 4 is 22.3 Å². The van der Waals surface area contributed by atoms with Gasteiger partial charge >= 0.3 is 0 Å². The number of likely N-dealkylation sites (tertiary alicyclic amines) is 1. The van der Waals surface area contributed by atoms with E-state index in [1.54, 1.807) is 12.5 Å². The first-order valence-electron chi connectivity index (χ1n) is 11.2. The van der Waals surface area contributed by atoms with Crippen molar-refractivity contribution in [3.8, 4) is 11.1 Å². The van der Waals surface area contributed by atoms with Crippen LogP contribution in [0.2, 0.25) is 0 Å². The summed E-state index contributed by atoms with van der Waals surface area (Å²) in [6, 6.07) is 9.41. The van der Waals surface area contributed by atoms with E-state index in [9.17, 15) is 4.39 Å². The van der Waals surface area contributed by atoms with Crippen molar-refractivity contribution in [1.29, 1.82) is 0 Å². The van der Waals surface area contributed by atoms with E-state index in [2.05, 4.69) is 27.2 Å². The molecule has 0 atom stereocenters. The van der Waals surface area contributed by atoms with Crippen LogP contribution in [0.15, 0.2) is 65.7 Å². The van der Waals surface area contributed by atoms with Gasteiger partial charge in [-0.25, -0.2) is 14.4 Å². The minimum Gasteiger partial charge on any atom is -0.448 e. The summed E-state index contributed by atoms with van der Waals surface area (Å²) in [4.78, 5) is 15.6. The molecule has 168 valence electrons. The highest BCUT2D eigenvalue weighted by Gasteiger charge is 2.23. The SMILES string of the molecule is C/C=C(/Nc1cc2cc(-c3cncc(F)c3)ccc2cn1)c1coc(C2CCN(C)CC2)n1. The van der Waals surface area contributed by atoms with Crippen molar-refractivity contribution in [2.24, 2.45) is 0 Å². The number of anilines is 1. The Kier molecular flexibility index (Phi) is 5.88. The number of rotatable bonds is 5. The van der Waals surface area contributed by atoms with Crippen LogP contribution in [-0.4, -0.2) is 40.0 Å². The van der Waals surface area contributed by atoms with Crippen LogP contribution in [-0.2, 0) is 0 Å². The number of nitrogens with one attached hydrogen (secondary N) is 1. The molecule has 33 heavy (non-hydrogen) atoms. The van der Waals surface area contributed by atoms with Gasteiger partial charge in [-0.05, 0) is 69.1 Å². The van der Waals surface area contributed by atoms with Gasteiger partial charge in [-0.2, -0.15) is 0 Å². The first-order valence-corrected chi connectivity index (χ1v) is 11.2. The number of aromatic nitrogens is 3. The van der Waals surface area contributed by atoms with E-state index in [0.29, 0.717) is 11.7 Å². The molecule has 4 aromatic rings. The molecule has 5 rings (SSSR count). The lowest BCUT2D eigenvalue weighted by molar-refractivity contribution is 0.237. The van der Waals surface area contributed by atoms with E-state index in [-0.39, 0.29) is 5.82 Å². The molecule has 1 N–H and O–H groups in total. The Morgan fingerprint density at radius 3 is 2.73 bits per heavy atom. The first kappa shape index (κ1) is 21.3. The van der Waals surface area contributed by atoms with Crippen molar-refractivity contribution in [1.82, 2.24) is 19.9 Å². The fraction of sp³-hybridized carbons (Fsp3) is 0.269. The zero-order valence-electron chi connectivity index (χ0n) is 18.8. The number of piperidine rings is 1. The molecule has 7 heteroatoms. The number of halogens is 1. The zero-order chi connectivity index (χ0) is 22.8. The van der Waals surface area contributed by atoms with Crippen LogP contribution in [0.5, 0.6) is 0 Å². The maximum absolute atomic E-state index is 13.6. The lowest BCUT2D eigenvalue weighted by Gasteiger charge is -2.26. The molecule has 1 fully saturated rings. The van der Waals surface area contributed by atoms with Crippen LogP contribution in [0.3, 0.4) is 0 Å². The second-order valence-corrected chi connectivity index (χ2v) is 8.50. The fourth-order valence-electron chi connectivity index (χ4n) is 4.24. The van der Waals surface area contributed by atoms with E-state index < -0.39 is 0 Å². The molecule has 4 heterocycles. The quantitative estimate of drug-likeness (QED) is 0.426. The molecule has 0 saturated carbocycles. The van der Waals surface area contributed by atoms with E-state index >= 15 is 0 Å². The number of pyridine rings is 2. The molecule has 0 unspecified atom stereocenters. The largest absolute Gasteiger partial charge is 0.448 e. The zero-order valence-corrected chi connectivity index (χ0v) is 18.8. The number of allylic oxidation sites excluding steroid dienone is 1. The van der Waals surface area contributed by atoms with Gasteiger partial charge in [-0.3, -0.25) is 4.98 Å². The van der Waals surface area contributed by atoms with Gasteiger partial charge in [0, 0.05) is 29.3 Å². The number of fused-ring (bicyclic) bond motifs is 1. The number of hydrogen-bond donors (Lipinski definition) is 1. The summed E-state index contributed by atoms with van der Waals surface area (Å²) in [5.41, 5.74) is 3.25. The molecular weight excluding hydrogens is 417 g/mol. The molecule has 0 aliphatic carbocycles. The fourth-order valence-corrected chi connectivity index (χ4v) is 4.24. The average molecular weight is 444 g/mol. The Morgan fingerprint density at radius 2 is 1.94 bits per heavy atom. The first-order chi connectivity index (χ1) is 16.1. The smallest absolute Gasteiger partial charge is 0.197 e. The van der Waals surface area contributed by atoms with Crippen molar-refractivity contribution in [2.45, 2.75) is 25.7 Å². The molecule has 0 bridgehead atoms. The molecule has 1 aromatic carbocycles. The molecule has 1 saturated heterocycles. The summed E-state index contributed by atoms with van der Waals surface area (Å²) in [6.07, 6.45) is 10.5. The minimum absolute atomic E-state index is 0.352. The number of hydrogen-bond acceptors (Lipinski definition) is 6. The van der Waals surface area contributed by atoms with E-state index in [1.165, 1.54) is 12.3 Å². The normalized spacial score (nSPS) is 15.8. The maximum Gasteiger partial charge on any atom is 0.197 e. The second-order valence-electron chi connectivity index (χ2n) is 8.50. The van der Waals surface area contributed by atoms with Crippen molar-refractivity contribution in [2.75, 3.05) is 25.5 Å².